The van der Waals surface area contributed by atoms with Crippen LogP contribution in [-0.2, 0) is 17.7 Å². The molecule has 2 aliphatic heterocycles. The topological polar surface area (TPSA) is 44.8 Å². The van der Waals surface area contributed by atoms with Crippen molar-refractivity contribution in [3.8, 4) is 0 Å². The van der Waals surface area contributed by atoms with E-state index in [1.807, 2.05) is 12.1 Å². The molecule has 0 atom stereocenters. The molecule has 1 N–H and O–H groups in total. The van der Waals surface area contributed by atoms with E-state index in [-0.39, 0.29) is 11.9 Å². The third-order valence-corrected chi connectivity index (χ3v) is 6.95. The number of nitrogens with one attached hydrogen (secondary N) is 1. The number of hydrogen-bond donors (Lipinski definition) is 1. The van der Waals surface area contributed by atoms with E-state index in [2.05, 4.69) is 58.4 Å². The van der Waals surface area contributed by atoms with Gasteiger partial charge in [-0.15, -0.1) is 0 Å². The SMILES string of the molecule is CCCCCc1ccc(C(=O)N(Cc2ccc(N3CCOCC3)cc2)C2CCNCC2)cc1. The highest BCUT2D eigenvalue weighted by Gasteiger charge is 2.26. The molecule has 5 nitrogen and oxygen atoms in total. The van der Waals surface area contributed by atoms with Crippen LogP contribution in [0, 0.1) is 0 Å². The zero-order chi connectivity index (χ0) is 22.9. The number of morpholine rings is 1. The van der Waals surface area contributed by atoms with Crippen molar-refractivity contribution in [2.24, 2.45) is 0 Å². The summed E-state index contributed by atoms with van der Waals surface area (Å²) in [6.07, 6.45) is 6.81. The van der Waals surface area contributed by atoms with Gasteiger partial charge in [-0.3, -0.25) is 4.79 Å². The number of benzene rings is 2. The molecule has 2 heterocycles. The van der Waals surface area contributed by atoms with Crippen LogP contribution in [0.5, 0.6) is 0 Å². The van der Waals surface area contributed by atoms with E-state index in [1.54, 1.807) is 0 Å². The van der Waals surface area contributed by atoms with Crippen molar-refractivity contribution in [1.82, 2.24) is 10.2 Å². The number of carbonyl (C=O) groups excluding carboxylic acids is 1. The normalized spacial score (nSPS) is 17.2. The number of rotatable bonds is 9. The van der Waals surface area contributed by atoms with Crippen LogP contribution in [0.1, 0.15) is 60.5 Å². The lowest BCUT2D eigenvalue weighted by molar-refractivity contribution is 0.0623. The predicted molar refractivity (Wildman–Crippen MR) is 135 cm³/mol. The van der Waals surface area contributed by atoms with Gasteiger partial charge in [0.05, 0.1) is 13.2 Å². The second kappa shape index (κ2) is 12.2. The number of aryl methyl sites for hydroxylation is 1. The minimum absolute atomic E-state index is 0.152. The Hall–Kier alpha value is -2.37. The van der Waals surface area contributed by atoms with Gasteiger partial charge in [0.2, 0.25) is 0 Å². The summed E-state index contributed by atoms with van der Waals surface area (Å²) in [4.78, 5) is 18.1. The lowest BCUT2D eigenvalue weighted by atomic mass is 10.0. The highest BCUT2D eigenvalue weighted by atomic mass is 16.5. The number of ether oxygens (including phenoxy) is 1. The van der Waals surface area contributed by atoms with E-state index in [1.165, 1.54) is 36.1 Å². The molecule has 33 heavy (non-hydrogen) atoms. The summed E-state index contributed by atoms with van der Waals surface area (Å²) in [6, 6.07) is 17.4. The number of unbranched alkanes of at least 4 members (excludes halogenated alkanes) is 2. The monoisotopic (exact) mass is 449 g/mol. The van der Waals surface area contributed by atoms with Gasteiger partial charge < -0.3 is 19.9 Å². The standard InChI is InChI=1S/C28H39N3O2/c1-2-3-4-5-23-6-10-25(11-7-23)28(32)31(27-14-16-29-17-15-27)22-24-8-12-26(13-9-24)30-18-20-33-21-19-30/h6-13,27,29H,2-5,14-22H2,1H3. The van der Waals surface area contributed by atoms with Gasteiger partial charge in [-0.1, -0.05) is 44.0 Å². The van der Waals surface area contributed by atoms with Gasteiger partial charge in [0.1, 0.15) is 0 Å². The van der Waals surface area contributed by atoms with Crippen molar-refractivity contribution in [2.75, 3.05) is 44.3 Å². The molecule has 178 valence electrons. The Labute approximate surface area is 199 Å². The number of amides is 1. The molecule has 2 aromatic carbocycles. The molecule has 0 radical (unpaired) electrons. The Balaban J connectivity index is 1.46. The van der Waals surface area contributed by atoms with E-state index in [4.69, 9.17) is 4.74 Å². The van der Waals surface area contributed by atoms with Crippen molar-refractivity contribution >= 4 is 11.6 Å². The van der Waals surface area contributed by atoms with Crippen LogP contribution in [0.3, 0.4) is 0 Å². The average Bonchev–Trinajstić information content (AvgIpc) is 2.89. The molecule has 2 aliphatic rings. The van der Waals surface area contributed by atoms with Crippen molar-refractivity contribution in [3.63, 3.8) is 0 Å². The van der Waals surface area contributed by atoms with E-state index < -0.39 is 0 Å². The van der Waals surface area contributed by atoms with Crippen LogP contribution in [0.15, 0.2) is 48.5 Å². The minimum Gasteiger partial charge on any atom is -0.378 e. The molecule has 5 heteroatoms. The second-order valence-electron chi connectivity index (χ2n) is 9.33. The summed E-state index contributed by atoms with van der Waals surface area (Å²) in [6.45, 7) is 8.29. The number of hydrogen-bond acceptors (Lipinski definition) is 4. The third kappa shape index (κ3) is 6.58. The Morgan fingerprint density at radius 3 is 2.30 bits per heavy atom. The van der Waals surface area contributed by atoms with Gasteiger partial charge in [0.15, 0.2) is 0 Å². The maximum atomic E-state index is 13.6. The van der Waals surface area contributed by atoms with Gasteiger partial charge in [-0.05, 0) is 74.2 Å². The number of carbonyl (C=O) groups is 1. The molecular weight excluding hydrogens is 410 g/mol. The van der Waals surface area contributed by atoms with Crippen molar-refractivity contribution in [2.45, 2.75) is 58.0 Å². The highest BCUT2D eigenvalue weighted by molar-refractivity contribution is 5.94. The molecule has 4 rings (SSSR count). The minimum atomic E-state index is 0.152. The summed E-state index contributed by atoms with van der Waals surface area (Å²) < 4.78 is 5.47. The van der Waals surface area contributed by atoms with Crippen molar-refractivity contribution < 1.29 is 9.53 Å². The maximum absolute atomic E-state index is 13.6. The zero-order valence-electron chi connectivity index (χ0n) is 20.1. The average molecular weight is 450 g/mol. The third-order valence-electron chi connectivity index (χ3n) is 6.95. The molecule has 0 aromatic heterocycles. The first-order valence-electron chi connectivity index (χ1n) is 12.8. The largest absolute Gasteiger partial charge is 0.378 e. The van der Waals surface area contributed by atoms with Crippen LogP contribution >= 0.6 is 0 Å². The second-order valence-corrected chi connectivity index (χ2v) is 9.33. The Kier molecular flexibility index (Phi) is 8.79. The first kappa shape index (κ1) is 23.8. The lowest BCUT2D eigenvalue weighted by Crippen LogP contribution is -2.45. The Morgan fingerprint density at radius 1 is 0.970 bits per heavy atom. The Morgan fingerprint density at radius 2 is 1.64 bits per heavy atom. The van der Waals surface area contributed by atoms with Crippen LogP contribution in [0.25, 0.3) is 0 Å². The zero-order valence-corrected chi connectivity index (χ0v) is 20.1. The van der Waals surface area contributed by atoms with Crippen molar-refractivity contribution in [1.29, 1.82) is 0 Å². The van der Waals surface area contributed by atoms with E-state index >= 15 is 0 Å². The fourth-order valence-corrected chi connectivity index (χ4v) is 4.87. The van der Waals surface area contributed by atoms with E-state index in [0.717, 1.165) is 64.2 Å². The number of nitrogens with zero attached hydrogens (tertiary/aromatic N) is 2. The quantitative estimate of drug-likeness (QED) is 0.566. The molecule has 2 saturated heterocycles. The predicted octanol–water partition coefficient (Wildman–Crippen LogP) is 4.65. The van der Waals surface area contributed by atoms with Gasteiger partial charge >= 0.3 is 0 Å². The fraction of sp³-hybridized carbons (Fsp3) is 0.536. The molecule has 0 saturated carbocycles. The molecule has 0 aliphatic carbocycles. The van der Waals surface area contributed by atoms with Gasteiger partial charge in [-0.25, -0.2) is 0 Å². The molecular formula is C28H39N3O2. The van der Waals surface area contributed by atoms with E-state index in [9.17, 15) is 4.79 Å². The summed E-state index contributed by atoms with van der Waals surface area (Å²) in [7, 11) is 0. The number of anilines is 1. The van der Waals surface area contributed by atoms with Gasteiger partial charge in [0, 0.05) is 36.9 Å². The fourth-order valence-electron chi connectivity index (χ4n) is 4.87. The maximum Gasteiger partial charge on any atom is 0.254 e. The molecule has 1 amide bonds. The van der Waals surface area contributed by atoms with Gasteiger partial charge in [-0.2, -0.15) is 0 Å². The first-order chi connectivity index (χ1) is 16.2. The molecule has 0 unspecified atom stereocenters. The summed E-state index contributed by atoms with van der Waals surface area (Å²) >= 11 is 0. The molecule has 2 aromatic rings. The Bertz CT molecular complexity index is 854. The highest BCUT2D eigenvalue weighted by Crippen LogP contribution is 2.22. The van der Waals surface area contributed by atoms with Crippen LogP contribution in [-0.4, -0.2) is 56.2 Å². The van der Waals surface area contributed by atoms with E-state index in [0.29, 0.717) is 6.54 Å². The molecule has 0 spiro atoms. The van der Waals surface area contributed by atoms with Gasteiger partial charge in [0.25, 0.3) is 5.91 Å². The van der Waals surface area contributed by atoms with Crippen LogP contribution in [0.2, 0.25) is 0 Å². The van der Waals surface area contributed by atoms with Crippen LogP contribution in [0.4, 0.5) is 5.69 Å². The summed E-state index contributed by atoms with van der Waals surface area (Å²) in [5.74, 6) is 0.152. The number of piperidine rings is 1. The first-order valence-corrected chi connectivity index (χ1v) is 12.8. The smallest absolute Gasteiger partial charge is 0.254 e. The van der Waals surface area contributed by atoms with Crippen LogP contribution < -0.4 is 10.2 Å². The lowest BCUT2D eigenvalue weighted by Gasteiger charge is -2.35. The summed E-state index contributed by atoms with van der Waals surface area (Å²) in [5, 5.41) is 3.43. The molecule has 2 fully saturated rings. The molecule has 0 bridgehead atoms. The summed E-state index contributed by atoms with van der Waals surface area (Å²) in [5.41, 5.74) is 4.56. The van der Waals surface area contributed by atoms with Crippen molar-refractivity contribution in [3.05, 3.63) is 65.2 Å².